The Bertz CT molecular complexity index is 876. The average Bonchev–Trinajstić information content (AvgIpc) is 2.64. The van der Waals surface area contributed by atoms with Crippen LogP contribution in [-0.2, 0) is 16.0 Å². The highest BCUT2D eigenvalue weighted by atomic mass is 19.2. The SMILES string of the molecule is CCOC(=O)c1cn(CCN2CCOCC2)c2cc(F)c(F)cc2c1=O. The van der Waals surface area contributed by atoms with Gasteiger partial charge in [0.15, 0.2) is 11.6 Å². The third-order valence-electron chi connectivity index (χ3n) is 4.38. The summed E-state index contributed by atoms with van der Waals surface area (Å²) in [5.74, 6) is -2.94. The molecule has 1 saturated heterocycles. The molecule has 2 heterocycles. The van der Waals surface area contributed by atoms with Crippen LogP contribution in [0.15, 0.2) is 23.1 Å². The monoisotopic (exact) mass is 366 g/mol. The van der Waals surface area contributed by atoms with Gasteiger partial charge >= 0.3 is 5.97 Å². The van der Waals surface area contributed by atoms with Gasteiger partial charge in [0.1, 0.15) is 5.56 Å². The van der Waals surface area contributed by atoms with Gasteiger partial charge in [-0.1, -0.05) is 0 Å². The highest BCUT2D eigenvalue weighted by Crippen LogP contribution is 2.18. The Morgan fingerprint density at radius 1 is 1.19 bits per heavy atom. The highest BCUT2D eigenvalue weighted by molar-refractivity contribution is 5.93. The van der Waals surface area contributed by atoms with Gasteiger partial charge < -0.3 is 14.0 Å². The fraction of sp³-hybridized carbons (Fsp3) is 0.444. The number of morpholine rings is 1. The summed E-state index contributed by atoms with van der Waals surface area (Å²) in [6.45, 7) is 5.60. The number of pyridine rings is 1. The maximum atomic E-state index is 13.7. The number of carbonyl (C=O) groups is 1. The minimum atomic E-state index is -1.13. The van der Waals surface area contributed by atoms with Crippen molar-refractivity contribution < 1.29 is 23.0 Å². The van der Waals surface area contributed by atoms with Crippen molar-refractivity contribution in [2.45, 2.75) is 13.5 Å². The van der Waals surface area contributed by atoms with Gasteiger partial charge in [-0.15, -0.1) is 0 Å². The number of fused-ring (bicyclic) bond motifs is 1. The van der Waals surface area contributed by atoms with Gasteiger partial charge in [0.05, 0.1) is 25.3 Å². The largest absolute Gasteiger partial charge is 0.462 e. The molecule has 8 heteroatoms. The number of carbonyl (C=O) groups excluding carboxylic acids is 1. The van der Waals surface area contributed by atoms with Gasteiger partial charge in [-0.05, 0) is 13.0 Å². The lowest BCUT2D eigenvalue weighted by atomic mass is 10.1. The number of rotatable bonds is 5. The molecule has 6 nitrogen and oxygen atoms in total. The van der Waals surface area contributed by atoms with Crippen molar-refractivity contribution in [1.82, 2.24) is 9.47 Å². The fourth-order valence-electron chi connectivity index (χ4n) is 3.00. The van der Waals surface area contributed by atoms with E-state index in [4.69, 9.17) is 9.47 Å². The topological polar surface area (TPSA) is 60.8 Å². The first-order valence-corrected chi connectivity index (χ1v) is 8.50. The van der Waals surface area contributed by atoms with Crippen molar-refractivity contribution in [3.05, 3.63) is 45.8 Å². The molecule has 0 aliphatic carbocycles. The second kappa shape index (κ2) is 7.92. The Kier molecular flexibility index (Phi) is 5.63. The Morgan fingerprint density at radius 2 is 1.88 bits per heavy atom. The third-order valence-corrected chi connectivity index (χ3v) is 4.38. The molecule has 26 heavy (non-hydrogen) atoms. The van der Waals surface area contributed by atoms with Crippen LogP contribution in [0.5, 0.6) is 0 Å². The van der Waals surface area contributed by atoms with E-state index in [1.807, 2.05) is 0 Å². The first-order valence-electron chi connectivity index (χ1n) is 8.50. The molecule has 2 aromatic rings. The van der Waals surface area contributed by atoms with Crippen LogP contribution in [0.3, 0.4) is 0 Å². The van der Waals surface area contributed by atoms with Crippen molar-refractivity contribution in [1.29, 1.82) is 0 Å². The Balaban J connectivity index is 2.03. The highest BCUT2D eigenvalue weighted by Gasteiger charge is 2.19. The maximum Gasteiger partial charge on any atom is 0.343 e. The molecule has 3 rings (SSSR count). The summed E-state index contributed by atoms with van der Waals surface area (Å²) in [6.07, 6.45) is 1.36. The normalized spacial score (nSPS) is 15.3. The lowest BCUT2D eigenvalue weighted by Crippen LogP contribution is -2.38. The van der Waals surface area contributed by atoms with E-state index in [0.29, 0.717) is 26.3 Å². The van der Waals surface area contributed by atoms with E-state index >= 15 is 0 Å². The summed E-state index contributed by atoms with van der Waals surface area (Å²) >= 11 is 0. The lowest BCUT2D eigenvalue weighted by molar-refractivity contribution is 0.0365. The van der Waals surface area contributed by atoms with Gasteiger partial charge in [0.25, 0.3) is 0 Å². The first kappa shape index (κ1) is 18.5. The summed E-state index contributed by atoms with van der Waals surface area (Å²) < 4.78 is 39.2. The van der Waals surface area contributed by atoms with Crippen LogP contribution >= 0.6 is 0 Å². The summed E-state index contributed by atoms with van der Waals surface area (Å²) in [6, 6.07) is 1.82. The van der Waals surface area contributed by atoms with E-state index in [9.17, 15) is 18.4 Å². The van der Waals surface area contributed by atoms with Gasteiger partial charge in [-0.3, -0.25) is 9.69 Å². The minimum absolute atomic E-state index is 0.0450. The van der Waals surface area contributed by atoms with Crippen LogP contribution in [-0.4, -0.2) is 54.9 Å². The van der Waals surface area contributed by atoms with E-state index in [1.165, 1.54) is 6.20 Å². The first-order chi connectivity index (χ1) is 12.5. The van der Waals surface area contributed by atoms with Crippen LogP contribution in [0.2, 0.25) is 0 Å². The summed E-state index contributed by atoms with van der Waals surface area (Å²) in [5, 5.41) is -0.0450. The molecule has 0 amide bonds. The van der Waals surface area contributed by atoms with Crippen molar-refractivity contribution in [3.63, 3.8) is 0 Å². The summed E-state index contributed by atoms with van der Waals surface area (Å²) in [4.78, 5) is 26.8. The number of halogens is 2. The van der Waals surface area contributed by atoms with Gasteiger partial charge in [0, 0.05) is 43.8 Å². The van der Waals surface area contributed by atoms with Crippen LogP contribution < -0.4 is 5.43 Å². The molecule has 1 aromatic carbocycles. The molecule has 1 aromatic heterocycles. The second-order valence-corrected chi connectivity index (χ2v) is 6.02. The zero-order chi connectivity index (χ0) is 18.7. The van der Waals surface area contributed by atoms with E-state index in [1.54, 1.807) is 11.5 Å². The summed E-state index contributed by atoms with van der Waals surface area (Å²) in [7, 11) is 0. The van der Waals surface area contributed by atoms with Crippen LogP contribution in [0.25, 0.3) is 10.9 Å². The molecule has 0 radical (unpaired) electrons. The molecule has 140 valence electrons. The number of ether oxygens (including phenoxy) is 2. The number of benzene rings is 1. The molecule has 1 aliphatic heterocycles. The molecule has 0 saturated carbocycles. The Morgan fingerprint density at radius 3 is 2.58 bits per heavy atom. The number of aromatic nitrogens is 1. The van der Waals surface area contributed by atoms with Crippen LogP contribution in [0, 0.1) is 11.6 Å². The molecule has 1 aliphatic rings. The van der Waals surface area contributed by atoms with Crippen molar-refractivity contribution >= 4 is 16.9 Å². The molecule has 0 N–H and O–H groups in total. The Hall–Kier alpha value is -2.32. The van der Waals surface area contributed by atoms with Crippen molar-refractivity contribution in [2.24, 2.45) is 0 Å². The molecular formula is C18H20F2N2O4. The minimum Gasteiger partial charge on any atom is -0.462 e. The van der Waals surface area contributed by atoms with E-state index in [-0.39, 0.29) is 23.1 Å². The quantitative estimate of drug-likeness (QED) is 0.755. The maximum absolute atomic E-state index is 13.7. The number of nitrogens with zero attached hydrogens (tertiary/aromatic N) is 2. The zero-order valence-electron chi connectivity index (χ0n) is 14.5. The van der Waals surface area contributed by atoms with Crippen LogP contribution in [0.1, 0.15) is 17.3 Å². The van der Waals surface area contributed by atoms with Crippen molar-refractivity contribution in [2.75, 3.05) is 39.5 Å². The number of esters is 1. The number of hydrogen-bond acceptors (Lipinski definition) is 5. The molecular weight excluding hydrogens is 346 g/mol. The average molecular weight is 366 g/mol. The van der Waals surface area contributed by atoms with Gasteiger partial charge in [0.2, 0.25) is 5.43 Å². The summed E-state index contributed by atoms with van der Waals surface area (Å²) in [5.41, 5.74) is -0.609. The molecule has 0 unspecified atom stereocenters. The third kappa shape index (κ3) is 3.76. The Labute approximate surface area is 148 Å². The standard InChI is InChI=1S/C18H20F2N2O4/c1-2-26-18(24)13-11-22(4-3-21-5-7-25-8-6-21)16-10-15(20)14(19)9-12(16)17(13)23/h9-11H,2-8H2,1H3. The smallest absolute Gasteiger partial charge is 0.343 e. The predicted octanol–water partition coefficient (Wildman–Crippen LogP) is 1.79. The van der Waals surface area contributed by atoms with Gasteiger partial charge in [-0.25, -0.2) is 13.6 Å². The van der Waals surface area contributed by atoms with E-state index in [2.05, 4.69) is 4.90 Å². The predicted molar refractivity (Wildman–Crippen MR) is 91.3 cm³/mol. The van der Waals surface area contributed by atoms with Crippen LogP contribution in [0.4, 0.5) is 8.78 Å². The fourth-order valence-corrected chi connectivity index (χ4v) is 3.00. The van der Waals surface area contributed by atoms with E-state index < -0.39 is 23.0 Å². The molecule has 0 atom stereocenters. The second-order valence-electron chi connectivity index (χ2n) is 6.02. The lowest BCUT2D eigenvalue weighted by Gasteiger charge is -2.27. The van der Waals surface area contributed by atoms with Gasteiger partial charge in [-0.2, -0.15) is 0 Å². The van der Waals surface area contributed by atoms with E-state index in [0.717, 1.165) is 25.2 Å². The molecule has 0 spiro atoms. The zero-order valence-corrected chi connectivity index (χ0v) is 14.5. The van der Waals surface area contributed by atoms with Crippen molar-refractivity contribution in [3.8, 4) is 0 Å². The number of hydrogen-bond donors (Lipinski definition) is 0. The molecule has 1 fully saturated rings. The molecule has 0 bridgehead atoms.